The molecule has 0 aliphatic rings. The van der Waals surface area contributed by atoms with Gasteiger partial charge in [-0.2, -0.15) is 13.2 Å². The van der Waals surface area contributed by atoms with Crippen LogP contribution in [0.1, 0.15) is 34.3 Å². The number of amides is 2. The topological polar surface area (TPSA) is 67.4 Å². The first kappa shape index (κ1) is 24.8. The van der Waals surface area contributed by atoms with Gasteiger partial charge in [-0.1, -0.05) is 24.3 Å². The van der Waals surface area contributed by atoms with Gasteiger partial charge in [-0.25, -0.2) is 4.39 Å². The van der Waals surface area contributed by atoms with Gasteiger partial charge < -0.3 is 15.4 Å². The van der Waals surface area contributed by atoms with Gasteiger partial charge in [0.2, 0.25) is 5.91 Å². The normalized spacial score (nSPS) is 11.1. The summed E-state index contributed by atoms with van der Waals surface area (Å²) < 4.78 is 60.1. The van der Waals surface area contributed by atoms with Crippen molar-refractivity contribution in [1.82, 2.24) is 0 Å². The van der Waals surface area contributed by atoms with Crippen molar-refractivity contribution in [3.63, 3.8) is 0 Å². The molecule has 0 radical (unpaired) electrons. The molecule has 0 unspecified atom stereocenters. The maximum atomic E-state index is 13.8. The van der Waals surface area contributed by atoms with Gasteiger partial charge in [0, 0.05) is 12.1 Å². The predicted molar refractivity (Wildman–Crippen MR) is 120 cm³/mol. The summed E-state index contributed by atoms with van der Waals surface area (Å²) in [6.07, 6.45) is -4.54. The first-order chi connectivity index (χ1) is 16.1. The second-order valence-corrected chi connectivity index (χ2v) is 7.51. The molecule has 0 heterocycles. The second-order valence-electron chi connectivity index (χ2n) is 7.51. The number of rotatable bonds is 8. The van der Waals surface area contributed by atoms with Gasteiger partial charge in [0.1, 0.15) is 11.6 Å². The number of nitrogens with one attached hydrogen (secondary N) is 2. The van der Waals surface area contributed by atoms with Crippen LogP contribution < -0.4 is 15.4 Å². The Hall–Kier alpha value is -3.88. The van der Waals surface area contributed by atoms with Crippen molar-refractivity contribution < 1.29 is 31.9 Å². The van der Waals surface area contributed by atoms with Gasteiger partial charge in [-0.3, -0.25) is 9.59 Å². The quantitative estimate of drug-likeness (QED) is 0.302. The highest BCUT2D eigenvalue weighted by atomic mass is 19.4. The maximum Gasteiger partial charge on any atom is 0.418 e. The van der Waals surface area contributed by atoms with Crippen LogP contribution in [-0.2, 0) is 11.0 Å². The molecule has 2 N–H and O–H groups in total. The van der Waals surface area contributed by atoms with Gasteiger partial charge in [-0.15, -0.1) is 0 Å². The van der Waals surface area contributed by atoms with Gasteiger partial charge in [0.25, 0.3) is 5.91 Å². The summed E-state index contributed by atoms with van der Waals surface area (Å²) in [5.41, 5.74) is -1.06. The Morgan fingerprint density at radius 2 is 1.71 bits per heavy atom. The number of halogens is 4. The molecule has 178 valence electrons. The summed E-state index contributed by atoms with van der Waals surface area (Å²) in [6, 6.07) is 15.4. The van der Waals surface area contributed by atoms with Crippen molar-refractivity contribution in [3.05, 3.63) is 89.2 Å². The third-order valence-electron chi connectivity index (χ3n) is 4.78. The van der Waals surface area contributed by atoms with E-state index < -0.39 is 35.1 Å². The van der Waals surface area contributed by atoms with Crippen LogP contribution in [-0.4, -0.2) is 18.4 Å². The highest BCUT2D eigenvalue weighted by molar-refractivity contribution is 6.04. The fraction of sp³-hybridized carbons (Fsp3) is 0.200. The van der Waals surface area contributed by atoms with Crippen molar-refractivity contribution in [3.8, 4) is 5.75 Å². The molecule has 0 atom stereocenters. The lowest BCUT2D eigenvalue weighted by atomic mass is 10.1. The minimum Gasteiger partial charge on any atom is -0.494 e. The van der Waals surface area contributed by atoms with E-state index in [4.69, 9.17) is 4.74 Å². The number of carbonyl (C=O) groups is 2. The Labute approximate surface area is 193 Å². The zero-order valence-electron chi connectivity index (χ0n) is 18.2. The van der Waals surface area contributed by atoms with E-state index in [0.717, 1.165) is 17.7 Å². The molecular formula is C25H22F4N2O3. The number of alkyl halides is 3. The van der Waals surface area contributed by atoms with Crippen molar-refractivity contribution in [2.24, 2.45) is 0 Å². The zero-order chi connectivity index (χ0) is 24.7. The summed E-state index contributed by atoms with van der Waals surface area (Å²) in [4.78, 5) is 24.4. The van der Waals surface area contributed by atoms with E-state index in [0.29, 0.717) is 18.2 Å². The van der Waals surface area contributed by atoms with E-state index in [1.807, 2.05) is 25.1 Å². The smallest absolute Gasteiger partial charge is 0.418 e. The van der Waals surface area contributed by atoms with E-state index in [1.54, 1.807) is 6.07 Å². The van der Waals surface area contributed by atoms with Crippen molar-refractivity contribution in [1.29, 1.82) is 0 Å². The fourth-order valence-corrected chi connectivity index (χ4v) is 3.15. The minimum atomic E-state index is -4.80. The number of benzene rings is 3. The monoisotopic (exact) mass is 474 g/mol. The molecule has 0 aliphatic heterocycles. The lowest BCUT2D eigenvalue weighted by molar-refractivity contribution is -0.136. The van der Waals surface area contributed by atoms with E-state index in [2.05, 4.69) is 10.6 Å². The minimum absolute atomic E-state index is 0.0467. The molecule has 0 fully saturated rings. The molecule has 9 heteroatoms. The lowest BCUT2D eigenvalue weighted by Crippen LogP contribution is -2.18. The zero-order valence-corrected chi connectivity index (χ0v) is 18.2. The van der Waals surface area contributed by atoms with Crippen LogP contribution in [0.2, 0.25) is 0 Å². The van der Waals surface area contributed by atoms with E-state index in [1.165, 1.54) is 24.3 Å². The molecule has 3 aromatic rings. The first-order valence-corrected chi connectivity index (χ1v) is 10.4. The molecule has 0 saturated carbocycles. The van der Waals surface area contributed by atoms with Crippen LogP contribution in [0.4, 0.5) is 28.9 Å². The van der Waals surface area contributed by atoms with Gasteiger partial charge in [-0.05, 0) is 61.4 Å². The third-order valence-corrected chi connectivity index (χ3v) is 4.78. The van der Waals surface area contributed by atoms with Gasteiger partial charge >= 0.3 is 6.18 Å². The van der Waals surface area contributed by atoms with Crippen LogP contribution in [0.3, 0.4) is 0 Å². The summed E-state index contributed by atoms with van der Waals surface area (Å²) in [6.45, 7) is 2.14. The highest BCUT2D eigenvalue weighted by Crippen LogP contribution is 2.37. The van der Waals surface area contributed by atoms with E-state index in [9.17, 15) is 27.2 Å². The van der Waals surface area contributed by atoms with Crippen LogP contribution in [0.25, 0.3) is 0 Å². The standard InChI is InChI=1S/C25H22F4N2O3/c1-16-6-4-7-18(14-16)34-13-5-10-23(32)31-22-12-11-17(15-20(22)25(27,28)29)30-24(33)19-8-2-3-9-21(19)26/h2-4,6-9,11-12,14-15H,5,10,13H2,1H3,(H,30,33)(H,31,32). The van der Waals surface area contributed by atoms with Crippen LogP contribution in [0, 0.1) is 12.7 Å². The average molecular weight is 474 g/mol. The van der Waals surface area contributed by atoms with Crippen molar-refractivity contribution in [2.75, 3.05) is 17.2 Å². The number of ether oxygens (including phenoxy) is 1. The average Bonchev–Trinajstić information content (AvgIpc) is 2.77. The Morgan fingerprint density at radius 1 is 0.941 bits per heavy atom. The summed E-state index contributed by atoms with van der Waals surface area (Å²) in [5.74, 6) is -1.66. The number of carbonyl (C=O) groups excluding carboxylic acids is 2. The lowest BCUT2D eigenvalue weighted by Gasteiger charge is -2.16. The number of aryl methyl sites for hydroxylation is 1. The molecule has 0 bridgehead atoms. The summed E-state index contributed by atoms with van der Waals surface area (Å²) >= 11 is 0. The maximum absolute atomic E-state index is 13.8. The molecule has 2 amide bonds. The molecule has 34 heavy (non-hydrogen) atoms. The molecule has 0 saturated heterocycles. The molecule has 5 nitrogen and oxygen atoms in total. The molecule has 3 aromatic carbocycles. The molecule has 0 spiro atoms. The van der Waals surface area contributed by atoms with Gasteiger partial charge in [0.05, 0.1) is 23.4 Å². The largest absolute Gasteiger partial charge is 0.494 e. The molecule has 0 aromatic heterocycles. The molecule has 0 aliphatic carbocycles. The highest BCUT2D eigenvalue weighted by Gasteiger charge is 2.34. The van der Waals surface area contributed by atoms with Crippen LogP contribution in [0.5, 0.6) is 5.75 Å². The predicted octanol–water partition coefficient (Wildman–Crippen LogP) is 6.20. The van der Waals surface area contributed by atoms with Crippen molar-refractivity contribution >= 4 is 23.2 Å². The van der Waals surface area contributed by atoms with Gasteiger partial charge in [0.15, 0.2) is 0 Å². The van der Waals surface area contributed by atoms with E-state index >= 15 is 0 Å². The number of hydrogen-bond donors (Lipinski definition) is 2. The Balaban J connectivity index is 1.62. The van der Waals surface area contributed by atoms with Crippen LogP contribution in [0.15, 0.2) is 66.7 Å². The third kappa shape index (κ3) is 6.81. The SMILES string of the molecule is Cc1cccc(OCCCC(=O)Nc2ccc(NC(=O)c3ccccc3F)cc2C(F)(F)F)c1. The van der Waals surface area contributed by atoms with Crippen molar-refractivity contribution in [2.45, 2.75) is 25.9 Å². The molecular weight excluding hydrogens is 452 g/mol. The Kier molecular flexibility index (Phi) is 7.88. The molecule has 3 rings (SSSR count). The van der Waals surface area contributed by atoms with E-state index in [-0.39, 0.29) is 24.3 Å². The Bertz CT molecular complexity index is 1180. The Morgan fingerprint density at radius 3 is 2.41 bits per heavy atom. The summed E-state index contributed by atoms with van der Waals surface area (Å²) in [5, 5.41) is 4.50. The number of hydrogen-bond acceptors (Lipinski definition) is 3. The number of anilines is 2. The first-order valence-electron chi connectivity index (χ1n) is 10.4. The summed E-state index contributed by atoms with van der Waals surface area (Å²) in [7, 11) is 0. The fourth-order valence-electron chi connectivity index (χ4n) is 3.15. The second kappa shape index (κ2) is 10.8. The van der Waals surface area contributed by atoms with Crippen LogP contribution >= 0.6 is 0 Å².